The second kappa shape index (κ2) is 6.16. The van der Waals surface area contributed by atoms with Gasteiger partial charge in [-0.3, -0.25) is 4.79 Å². The molecule has 2 atom stereocenters. The zero-order valence-electron chi connectivity index (χ0n) is 13.1. The van der Waals surface area contributed by atoms with E-state index in [0.717, 1.165) is 38.8 Å². The number of nitrogens with zero attached hydrogens (tertiary/aromatic N) is 1. The molecule has 0 radical (unpaired) electrons. The van der Waals surface area contributed by atoms with Crippen molar-refractivity contribution >= 4 is 11.9 Å². The second-order valence-electron chi connectivity index (χ2n) is 6.84. The summed E-state index contributed by atoms with van der Waals surface area (Å²) in [6.45, 7) is 4.65. The molecule has 0 aliphatic carbocycles. The van der Waals surface area contributed by atoms with Crippen LogP contribution in [0.25, 0.3) is 0 Å². The Balaban J connectivity index is 1.51. The van der Waals surface area contributed by atoms with Crippen LogP contribution in [-0.2, 0) is 19.1 Å². The average molecular weight is 311 g/mol. The summed E-state index contributed by atoms with van der Waals surface area (Å²) in [5.74, 6) is -0.246. The molecule has 1 amide bonds. The third kappa shape index (κ3) is 2.74. The van der Waals surface area contributed by atoms with Crippen molar-refractivity contribution in [3.8, 4) is 0 Å². The lowest BCUT2D eigenvalue weighted by molar-refractivity contribution is -0.175. The summed E-state index contributed by atoms with van der Waals surface area (Å²) in [5.41, 5.74) is -0.287. The van der Waals surface area contributed by atoms with Gasteiger partial charge in [0, 0.05) is 13.1 Å². The molecule has 0 saturated carbocycles. The molecule has 0 spiro atoms. The summed E-state index contributed by atoms with van der Waals surface area (Å²) in [5, 5.41) is 9.00. The lowest BCUT2D eigenvalue weighted by Gasteiger charge is -2.44. The van der Waals surface area contributed by atoms with E-state index in [1.54, 1.807) is 0 Å². The van der Waals surface area contributed by atoms with Crippen molar-refractivity contribution in [3.63, 3.8) is 0 Å². The van der Waals surface area contributed by atoms with Gasteiger partial charge in [0.1, 0.15) is 0 Å². The van der Waals surface area contributed by atoms with Gasteiger partial charge in [-0.1, -0.05) is 6.92 Å². The van der Waals surface area contributed by atoms with Crippen LogP contribution in [0.1, 0.15) is 39.0 Å². The van der Waals surface area contributed by atoms with Crippen LogP contribution in [-0.4, -0.2) is 60.4 Å². The van der Waals surface area contributed by atoms with Crippen LogP contribution >= 0.6 is 0 Å². The largest absolute Gasteiger partial charge is 0.479 e. The van der Waals surface area contributed by atoms with Crippen LogP contribution in [0.2, 0.25) is 0 Å². The molecule has 3 rings (SSSR count). The minimum Gasteiger partial charge on any atom is -0.479 e. The first-order chi connectivity index (χ1) is 10.6. The number of rotatable bonds is 4. The highest BCUT2D eigenvalue weighted by Gasteiger charge is 2.47. The minimum absolute atomic E-state index is 0.0468. The monoisotopic (exact) mass is 311 g/mol. The van der Waals surface area contributed by atoms with Gasteiger partial charge in [-0.15, -0.1) is 0 Å². The van der Waals surface area contributed by atoms with Gasteiger partial charge in [0.15, 0.2) is 6.10 Å². The number of carbonyl (C=O) groups is 2. The molecule has 0 aromatic carbocycles. The lowest BCUT2D eigenvalue weighted by atomic mass is 9.80. The van der Waals surface area contributed by atoms with Crippen molar-refractivity contribution in [3.05, 3.63) is 0 Å². The quantitative estimate of drug-likeness (QED) is 0.846. The third-order valence-corrected chi connectivity index (χ3v) is 5.57. The Morgan fingerprint density at radius 2 is 1.86 bits per heavy atom. The Morgan fingerprint density at radius 1 is 1.18 bits per heavy atom. The molecule has 0 unspecified atom stereocenters. The number of hydrogen-bond donors (Lipinski definition) is 1. The van der Waals surface area contributed by atoms with E-state index in [0.29, 0.717) is 25.6 Å². The highest BCUT2D eigenvalue weighted by molar-refractivity contribution is 5.84. The first kappa shape index (κ1) is 15.7. The SMILES string of the molecule is CCC1(C(=O)N2CCC([C@@H]3CC[C@H](C(=O)O)O3)CC2)COC1. The summed E-state index contributed by atoms with van der Waals surface area (Å²) in [7, 11) is 0. The van der Waals surface area contributed by atoms with Gasteiger partial charge in [0.05, 0.1) is 24.7 Å². The van der Waals surface area contributed by atoms with Gasteiger partial charge < -0.3 is 19.5 Å². The molecule has 1 N–H and O–H groups in total. The van der Waals surface area contributed by atoms with Crippen molar-refractivity contribution in [2.45, 2.75) is 51.2 Å². The fourth-order valence-electron chi connectivity index (χ4n) is 3.83. The third-order valence-electron chi connectivity index (χ3n) is 5.57. The summed E-state index contributed by atoms with van der Waals surface area (Å²) < 4.78 is 10.9. The highest BCUT2D eigenvalue weighted by atomic mass is 16.5. The predicted octanol–water partition coefficient (Wildman–Crippen LogP) is 1.28. The van der Waals surface area contributed by atoms with Gasteiger partial charge in [0.25, 0.3) is 0 Å². The fraction of sp³-hybridized carbons (Fsp3) is 0.875. The molecule has 0 aromatic rings. The van der Waals surface area contributed by atoms with Crippen LogP contribution in [0.4, 0.5) is 0 Å². The van der Waals surface area contributed by atoms with Gasteiger partial charge in [0.2, 0.25) is 5.91 Å². The molecule has 3 saturated heterocycles. The summed E-state index contributed by atoms with van der Waals surface area (Å²) in [6, 6.07) is 0. The number of hydrogen-bond acceptors (Lipinski definition) is 4. The Bertz CT molecular complexity index is 434. The molecular weight excluding hydrogens is 286 g/mol. The number of aliphatic carboxylic acids is 1. The van der Waals surface area contributed by atoms with Crippen molar-refractivity contribution in [2.24, 2.45) is 11.3 Å². The summed E-state index contributed by atoms with van der Waals surface area (Å²) in [4.78, 5) is 25.6. The number of amides is 1. The van der Waals surface area contributed by atoms with Crippen LogP contribution < -0.4 is 0 Å². The van der Waals surface area contributed by atoms with E-state index in [-0.39, 0.29) is 17.4 Å². The zero-order chi connectivity index (χ0) is 15.7. The molecular formula is C16H25NO5. The van der Waals surface area contributed by atoms with Crippen LogP contribution in [0.3, 0.4) is 0 Å². The van der Waals surface area contributed by atoms with Crippen molar-refractivity contribution in [1.29, 1.82) is 0 Å². The standard InChI is InChI=1S/C16H25NO5/c1-2-16(9-21-10-16)15(20)17-7-5-11(6-8-17)12-3-4-13(22-12)14(18)19/h11-13H,2-10H2,1H3,(H,18,19)/t12-,13+/m0/s1. The Labute approximate surface area is 130 Å². The Kier molecular flexibility index (Phi) is 4.41. The molecule has 0 bridgehead atoms. The molecule has 22 heavy (non-hydrogen) atoms. The molecule has 6 nitrogen and oxygen atoms in total. The van der Waals surface area contributed by atoms with E-state index >= 15 is 0 Å². The zero-order valence-corrected chi connectivity index (χ0v) is 13.1. The predicted molar refractivity (Wildman–Crippen MR) is 78.4 cm³/mol. The first-order valence-corrected chi connectivity index (χ1v) is 8.31. The topological polar surface area (TPSA) is 76.1 Å². The first-order valence-electron chi connectivity index (χ1n) is 8.31. The Morgan fingerprint density at radius 3 is 2.32 bits per heavy atom. The molecule has 124 valence electrons. The molecule has 3 aliphatic rings. The lowest BCUT2D eigenvalue weighted by Crippen LogP contribution is -2.56. The number of likely N-dealkylation sites (tertiary alicyclic amines) is 1. The van der Waals surface area contributed by atoms with Gasteiger partial charge in [-0.2, -0.15) is 0 Å². The van der Waals surface area contributed by atoms with Crippen molar-refractivity contribution in [1.82, 2.24) is 4.90 Å². The van der Waals surface area contributed by atoms with Crippen molar-refractivity contribution < 1.29 is 24.2 Å². The van der Waals surface area contributed by atoms with Gasteiger partial charge in [-0.05, 0) is 38.0 Å². The van der Waals surface area contributed by atoms with E-state index < -0.39 is 12.1 Å². The Hall–Kier alpha value is -1.14. The number of carboxylic acids is 1. The maximum absolute atomic E-state index is 12.6. The van der Waals surface area contributed by atoms with Gasteiger partial charge in [-0.25, -0.2) is 4.79 Å². The van der Waals surface area contributed by atoms with E-state index in [4.69, 9.17) is 14.6 Å². The molecule has 6 heteroatoms. The molecule has 3 aliphatic heterocycles. The maximum Gasteiger partial charge on any atom is 0.332 e. The van der Waals surface area contributed by atoms with Crippen LogP contribution in [0.5, 0.6) is 0 Å². The van der Waals surface area contributed by atoms with Crippen LogP contribution in [0.15, 0.2) is 0 Å². The van der Waals surface area contributed by atoms with Crippen molar-refractivity contribution in [2.75, 3.05) is 26.3 Å². The van der Waals surface area contributed by atoms with E-state index in [1.807, 2.05) is 11.8 Å². The van der Waals surface area contributed by atoms with Crippen LogP contribution in [0, 0.1) is 11.3 Å². The molecule has 3 heterocycles. The number of carboxylic acid groups (broad SMARTS) is 1. The molecule has 3 fully saturated rings. The number of carbonyl (C=O) groups excluding carboxylic acids is 1. The average Bonchev–Trinajstić information content (AvgIpc) is 2.97. The summed E-state index contributed by atoms with van der Waals surface area (Å²) in [6.07, 6.45) is 3.48. The normalized spacial score (nSPS) is 31.8. The number of piperidine rings is 1. The summed E-state index contributed by atoms with van der Waals surface area (Å²) >= 11 is 0. The van der Waals surface area contributed by atoms with E-state index in [2.05, 4.69) is 0 Å². The fourth-order valence-corrected chi connectivity index (χ4v) is 3.83. The maximum atomic E-state index is 12.6. The number of ether oxygens (including phenoxy) is 2. The smallest absolute Gasteiger partial charge is 0.332 e. The highest BCUT2D eigenvalue weighted by Crippen LogP contribution is 2.36. The van der Waals surface area contributed by atoms with Gasteiger partial charge >= 0.3 is 5.97 Å². The minimum atomic E-state index is -0.856. The molecule has 0 aromatic heterocycles. The van der Waals surface area contributed by atoms with E-state index in [1.165, 1.54) is 0 Å². The second-order valence-corrected chi connectivity index (χ2v) is 6.84. The van der Waals surface area contributed by atoms with E-state index in [9.17, 15) is 9.59 Å².